The summed E-state index contributed by atoms with van der Waals surface area (Å²) in [6, 6.07) is 0. The lowest BCUT2D eigenvalue weighted by atomic mass is 11.7. The van der Waals surface area contributed by atoms with Gasteiger partial charge in [0, 0.05) is 0 Å². The van der Waals surface area contributed by atoms with E-state index >= 15 is 0 Å². The highest BCUT2D eigenvalue weighted by Gasteiger charge is 1.61. The zero-order valence-electron chi connectivity index (χ0n) is 2.76. The third kappa shape index (κ3) is 4.02. The van der Waals surface area contributed by atoms with Crippen LogP contribution in [0.1, 0.15) is 0 Å². The molecule has 30 valence electrons. The fraction of sp³-hybridized carbons (Fsp3) is 1.00. The molecule has 0 atom stereocenters. The molecule has 3 nitrogen and oxygen atoms in total. The number of hydrogen-bond acceptors (Lipinski definition) is 2. The first-order valence-electron chi connectivity index (χ1n) is 1.02. The van der Waals surface area contributed by atoms with Crippen molar-refractivity contribution >= 4 is 8.61 Å². The van der Waals surface area contributed by atoms with Gasteiger partial charge in [-0.2, -0.15) is 0 Å². The van der Waals surface area contributed by atoms with Crippen LogP contribution in [-0.2, 0) is 9.40 Å². The van der Waals surface area contributed by atoms with Crippen molar-refractivity contribution in [2.24, 2.45) is 0 Å². The molecule has 0 aliphatic carbocycles. The minimum Gasteiger partial charge on any atom is -0.294 e. The average molecular weight is 93.0 g/mol. The van der Waals surface area contributed by atoms with Gasteiger partial charge in [0.1, 0.15) is 0 Å². The third-order valence-corrected chi connectivity index (χ3v) is 0.386. The minimum atomic E-state index is -0.193. The summed E-state index contributed by atoms with van der Waals surface area (Å²) in [4.78, 5) is 4.12. The molecular weight excluding hydrogens is 89.0 g/mol. The molecule has 0 unspecified atom stereocenters. The smallest absolute Gasteiger partial charge is 0.271 e. The van der Waals surface area contributed by atoms with E-state index in [1.54, 1.807) is 0 Å². The Morgan fingerprint density at radius 1 is 2.00 bits per heavy atom. The van der Waals surface area contributed by atoms with Gasteiger partial charge in [-0.3, -0.25) is 9.40 Å². The molecule has 0 amide bonds. The van der Waals surface area contributed by atoms with Crippen LogP contribution in [-0.4, -0.2) is 7.11 Å². The van der Waals surface area contributed by atoms with Gasteiger partial charge >= 0.3 is 0 Å². The Kier molecular flexibility index (Phi) is 4.04. The molecule has 0 saturated heterocycles. The van der Waals surface area contributed by atoms with E-state index in [9.17, 15) is 4.57 Å². The Morgan fingerprint density at radius 2 is 2.60 bits per heavy atom. The van der Waals surface area contributed by atoms with Crippen molar-refractivity contribution in [2.45, 2.75) is 0 Å². The lowest BCUT2D eigenvalue weighted by Gasteiger charge is -1.77. The molecule has 0 aliphatic rings. The molecule has 0 radical (unpaired) electrons. The van der Waals surface area contributed by atoms with E-state index in [1.165, 1.54) is 7.11 Å². The molecule has 0 aliphatic heterocycles. The van der Waals surface area contributed by atoms with Crippen LogP contribution < -0.4 is 5.25 Å². The maximum atomic E-state index is 9.27. The highest BCUT2D eigenvalue weighted by molar-refractivity contribution is 7.20. The highest BCUT2D eigenvalue weighted by atomic mass is 31.1. The zero-order valence-corrected chi connectivity index (χ0v) is 3.66. The topological polar surface area (TPSA) is 38.3 Å². The lowest BCUT2D eigenvalue weighted by molar-refractivity contribution is 0.158. The molecule has 0 aromatic heterocycles. The van der Waals surface area contributed by atoms with Crippen LogP contribution in [0.5, 0.6) is 0 Å². The van der Waals surface area contributed by atoms with Crippen LogP contribution in [0, 0.1) is 0 Å². The molecule has 0 spiro atoms. The molecule has 0 fully saturated rings. The average Bonchev–Trinajstić information content (AvgIpc) is 1.41. The van der Waals surface area contributed by atoms with Crippen LogP contribution in [0.2, 0.25) is 0 Å². The van der Waals surface area contributed by atoms with Crippen molar-refractivity contribution in [3.05, 3.63) is 0 Å². The predicted molar refractivity (Wildman–Crippen MR) is 17.8 cm³/mol. The molecule has 0 rings (SSSR count). The summed E-state index contributed by atoms with van der Waals surface area (Å²) in [6.07, 6.45) is 0. The van der Waals surface area contributed by atoms with Crippen molar-refractivity contribution in [2.75, 3.05) is 7.11 Å². The fourth-order valence-electron chi connectivity index (χ4n) is 0.0373. The van der Waals surface area contributed by atoms with Crippen molar-refractivity contribution in [3.8, 4) is 0 Å². The SMILES string of the molecule is CONP=O. The Labute approximate surface area is 31.5 Å². The van der Waals surface area contributed by atoms with Crippen molar-refractivity contribution < 1.29 is 9.40 Å². The molecule has 0 saturated carbocycles. The minimum absolute atomic E-state index is 0.193. The van der Waals surface area contributed by atoms with E-state index in [1.807, 2.05) is 5.25 Å². The maximum absolute atomic E-state index is 9.27. The normalized spacial score (nSPS) is 9.00. The maximum Gasteiger partial charge on any atom is 0.271 e. The molecule has 5 heavy (non-hydrogen) atoms. The molecule has 4 heteroatoms. The first kappa shape index (κ1) is 5.02. The van der Waals surface area contributed by atoms with Gasteiger partial charge in [0.25, 0.3) is 8.61 Å². The van der Waals surface area contributed by atoms with E-state index < -0.39 is 0 Å². The quantitative estimate of drug-likeness (QED) is 0.395. The summed E-state index contributed by atoms with van der Waals surface area (Å²) in [5.41, 5.74) is 0. The van der Waals surface area contributed by atoms with Crippen molar-refractivity contribution in [1.82, 2.24) is 5.25 Å². The second kappa shape index (κ2) is 4.02. The van der Waals surface area contributed by atoms with Gasteiger partial charge in [-0.25, -0.2) is 0 Å². The largest absolute Gasteiger partial charge is 0.294 e. The van der Waals surface area contributed by atoms with Crippen molar-refractivity contribution in [1.29, 1.82) is 0 Å². The van der Waals surface area contributed by atoms with Gasteiger partial charge in [0.2, 0.25) is 0 Å². The Bertz CT molecular complexity index is 30.8. The number of nitrogens with one attached hydrogen (secondary N) is 1. The fourth-order valence-corrected chi connectivity index (χ4v) is 0.112. The third-order valence-electron chi connectivity index (χ3n) is 0.129. The Balaban J connectivity index is 2.40. The molecule has 1 N–H and O–H groups in total. The van der Waals surface area contributed by atoms with Gasteiger partial charge < -0.3 is 0 Å². The van der Waals surface area contributed by atoms with Gasteiger partial charge in [-0.1, -0.05) is 0 Å². The summed E-state index contributed by atoms with van der Waals surface area (Å²) in [5, 5.41) is 2.03. The zero-order chi connectivity index (χ0) is 4.12. The standard InChI is InChI=1S/CH4NO2P/c1-4-2-5-3/h1H3,(H,2,3). The van der Waals surface area contributed by atoms with Gasteiger partial charge in [-0.05, 0) is 0 Å². The second-order valence-corrected chi connectivity index (χ2v) is 0.752. The van der Waals surface area contributed by atoms with E-state index in [-0.39, 0.29) is 8.61 Å². The lowest BCUT2D eigenvalue weighted by Crippen LogP contribution is -1.91. The van der Waals surface area contributed by atoms with Crippen molar-refractivity contribution in [3.63, 3.8) is 0 Å². The summed E-state index contributed by atoms with van der Waals surface area (Å²) in [7, 11) is 1.20. The van der Waals surface area contributed by atoms with Gasteiger partial charge in [-0.15, -0.1) is 5.25 Å². The monoisotopic (exact) mass is 93.0 g/mol. The second-order valence-electron chi connectivity index (χ2n) is 0.387. The van der Waals surface area contributed by atoms with Crippen LogP contribution in [0.3, 0.4) is 0 Å². The summed E-state index contributed by atoms with van der Waals surface area (Å²) in [6.45, 7) is 0. The summed E-state index contributed by atoms with van der Waals surface area (Å²) < 4.78 is 9.27. The predicted octanol–water partition coefficient (Wildman–Crippen LogP) is 0.344. The molecule has 0 heterocycles. The van der Waals surface area contributed by atoms with E-state index in [4.69, 9.17) is 0 Å². The van der Waals surface area contributed by atoms with E-state index in [2.05, 4.69) is 4.84 Å². The molecule has 0 aromatic carbocycles. The summed E-state index contributed by atoms with van der Waals surface area (Å²) in [5.74, 6) is 0. The first-order valence-corrected chi connectivity index (χ1v) is 1.83. The van der Waals surface area contributed by atoms with E-state index in [0.717, 1.165) is 0 Å². The highest BCUT2D eigenvalue weighted by Crippen LogP contribution is 1.73. The summed E-state index contributed by atoms with van der Waals surface area (Å²) >= 11 is 0. The molecule has 0 aromatic rings. The molecular formula is CH4NO2P. The van der Waals surface area contributed by atoms with Crippen LogP contribution >= 0.6 is 8.61 Å². The number of rotatable bonds is 2. The van der Waals surface area contributed by atoms with E-state index in [0.29, 0.717) is 0 Å². The van der Waals surface area contributed by atoms with Gasteiger partial charge in [0.05, 0.1) is 7.11 Å². The van der Waals surface area contributed by atoms with Crippen LogP contribution in [0.15, 0.2) is 0 Å². The Hall–Kier alpha value is 0.0200. The first-order chi connectivity index (χ1) is 2.41. The van der Waals surface area contributed by atoms with Crippen LogP contribution in [0.25, 0.3) is 0 Å². The number of hydrogen-bond donors (Lipinski definition) is 1. The molecule has 0 bridgehead atoms. The Morgan fingerprint density at radius 3 is 2.60 bits per heavy atom. The van der Waals surface area contributed by atoms with Gasteiger partial charge in [0.15, 0.2) is 0 Å². The van der Waals surface area contributed by atoms with Crippen LogP contribution in [0.4, 0.5) is 0 Å².